The van der Waals surface area contributed by atoms with Crippen molar-refractivity contribution in [2.75, 3.05) is 0 Å². The van der Waals surface area contributed by atoms with Crippen LogP contribution in [0.5, 0.6) is 0 Å². The first-order chi connectivity index (χ1) is 6.61. The van der Waals surface area contributed by atoms with Crippen LogP contribution in [0.2, 0.25) is 0 Å². The molecule has 0 saturated heterocycles. The van der Waals surface area contributed by atoms with E-state index in [1.807, 2.05) is 0 Å². The molecule has 0 aromatic heterocycles. The van der Waals surface area contributed by atoms with E-state index in [0.717, 1.165) is 0 Å². The van der Waals surface area contributed by atoms with E-state index in [1.165, 1.54) is 12.1 Å². The summed E-state index contributed by atoms with van der Waals surface area (Å²) in [6.07, 6.45) is -5.83. The average Bonchev–Trinajstić information content (AvgIpc) is 2.19. The third-order valence-electron chi connectivity index (χ3n) is 1.53. The van der Waals surface area contributed by atoms with Crippen molar-refractivity contribution in [2.45, 2.75) is 12.7 Å². The van der Waals surface area contributed by atoms with E-state index in [9.17, 15) is 18.0 Å². The topological polar surface area (TPSA) is 29.1 Å². The lowest BCUT2D eigenvalue weighted by molar-refractivity contribution is 0.0287. The molecule has 1 N–H and O–H groups in total. The molecule has 1 unspecified atom stereocenters. The molecular formula is C9H8F3NO. The molecule has 0 radical (unpaired) electrons. The minimum atomic E-state index is -3.21. The zero-order valence-corrected chi connectivity index (χ0v) is 7.08. The SMILES string of the molecule is O=C(NC(F)C(F)F)c1ccccc1. The van der Waals surface area contributed by atoms with Crippen LogP contribution in [0.3, 0.4) is 0 Å². The Morgan fingerprint density at radius 2 is 1.71 bits per heavy atom. The Morgan fingerprint density at radius 3 is 2.21 bits per heavy atom. The molecule has 1 aromatic rings. The third-order valence-corrected chi connectivity index (χ3v) is 1.53. The Labute approximate surface area is 78.7 Å². The van der Waals surface area contributed by atoms with Crippen molar-refractivity contribution in [1.29, 1.82) is 0 Å². The van der Waals surface area contributed by atoms with Crippen LogP contribution in [0.15, 0.2) is 30.3 Å². The van der Waals surface area contributed by atoms with E-state index in [4.69, 9.17) is 0 Å². The maximum Gasteiger partial charge on any atom is 0.287 e. The second-order valence-corrected chi connectivity index (χ2v) is 2.58. The zero-order valence-electron chi connectivity index (χ0n) is 7.08. The van der Waals surface area contributed by atoms with Crippen molar-refractivity contribution >= 4 is 5.91 Å². The van der Waals surface area contributed by atoms with Gasteiger partial charge in [0.1, 0.15) is 0 Å². The van der Waals surface area contributed by atoms with Gasteiger partial charge in [-0.3, -0.25) is 4.79 Å². The van der Waals surface area contributed by atoms with Crippen molar-refractivity contribution in [3.05, 3.63) is 35.9 Å². The molecule has 1 aromatic carbocycles. The van der Waals surface area contributed by atoms with Crippen LogP contribution < -0.4 is 5.32 Å². The Morgan fingerprint density at radius 1 is 1.14 bits per heavy atom. The quantitative estimate of drug-likeness (QED) is 0.747. The van der Waals surface area contributed by atoms with E-state index in [-0.39, 0.29) is 5.56 Å². The smallest absolute Gasteiger partial charge is 0.287 e. The number of halogens is 3. The molecule has 0 fully saturated rings. The van der Waals surface area contributed by atoms with E-state index in [0.29, 0.717) is 0 Å². The molecule has 0 spiro atoms. The number of carbonyl (C=O) groups is 1. The summed E-state index contributed by atoms with van der Waals surface area (Å²) < 4.78 is 35.8. The lowest BCUT2D eigenvalue weighted by Gasteiger charge is -2.08. The van der Waals surface area contributed by atoms with Gasteiger partial charge in [-0.2, -0.15) is 0 Å². The number of hydrogen-bond donors (Lipinski definition) is 1. The second-order valence-electron chi connectivity index (χ2n) is 2.58. The monoisotopic (exact) mass is 203 g/mol. The molecule has 76 valence electrons. The fourth-order valence-electron chi connectivity index (χ4n) is 0.861. The normalized spacial score (nSPS) is 12.6. The largest absolute Gasteiger partial charge is 0.318 e. The van der Waals surface area contributed by atoms with Crippen LogP contribution in [0.1, 0.15) is 10.4 Å². The highest BCUT2D eigenvalue weighted by molar-refractivity contribution is 5.94. The van der Waals surface area contributed by atoms with Crippen LogP contribution in [0.25, 0.3) is 0 Å². The van der Waals surface area contributed by atoms with Gasteiger partial charge < -0.3 is 5.32 Å². The fourth-order valence-corrected chi connectivity index (χ4v) is 0.861. The summed E-state index contributed by atoms with van der Waals surface area (Å²) in [6.45, 7) is 0. The van der Waals surface area contributed by atoms with E-state index >= 15 is 0 Å². The summed E-state index contributed by atoms with van der Waals surface area (Å²) in [5.74, 6) is -0.849. The van der Waals surface area contributed by atoms with Crippen LogP contribution in [0.4, 0.5) is 13.2 Å². The molecule has 0 aliphatic rings. The Bertz CT molecular complexity index is 302. The zero-order chi connectivity index (χ0) is 10.6. The molecule has 0 saturated carbocycles. The van der Waals surface area contributed by atoms with E-state index in [1.54, 1.807) is 23.5 Å². The predicted octanol–water partition coefficient (Wildman–Crippen LogP) is 1.98. The molecule has 2 nitrogen and oxygen atoms in total. The summed E-state index contributed by atoms with van der Waals surface area (Å²) >= 11 is 0. The predicted molar refractivity (Wildman–Crippen MR) is 44.8 cm³/mol. The summed E-state index contributed by atoms with van der Waals surface area (Å²) in [5, 5.41) is 1.54. The van der Waals surface area contributed by atoms with E-state index < -0.39 is 18.6 Å². The number of nitrogens with one attached hydrogen (secondary N) is 1. The Hall–Kier alpha value is -1.52. The number of hydrogen-bond acceptors (Lipinski definition) is 1. The fraction of sp³-hybridized carbons (Fsp3) is 0.222. The summed E-state index contributed by atoms with van der Waals surface area (Å²) in [7, 11) is 0. The lowest BCUT2D eigenvalue weighted by atomic mass is 10.2. The minimum Gasteiger partial charge on any atom is -0.318 e. The first-order valence-corrected chi connectivity index (χ1v) is 3.89. The van der Waals surface area contributed by atoms with Crippen LogP contribution in [-0.2, 0) is 0 Å². The van der Waals surface area contributed by atoms with Gasteiger partial charge in [-0.15, -0.1) is 0 Å². The van der Waals surface area contributed by atoms with Crippen LogP contribution >= 0.6 is 0 Å². The molecule has 0 aliphatic carbocycles. The average molecular weight is 203 g/mol. The van der Waals surface area contributed by atoms with Crippen molar-refractivity contribution in [1.82, 2.24) is 5.32 Å². The summed E-state index contributed by atoms with van der Waals surface area (Å²) in [5.41, 5.74) is 0.149. The summed E-state index contributed by atoms with van der Waals surface area (Å²) in [6, 6.07) is 7.60. The van der Waals surface area contributed by atoms with Gasteiger partial charge in [0.15, 0.2) is 0 Å². The van der Waals surface area contributed by atoms with Gasteiger partial charge >= 0.3 is 0 Å². The summed E-state index contributed by atoms with van der Waals surface area (Å²) in [4.78, 5) is 11.1. The van der Waals surface area contributed by atoms with Gasteiger partial charge in [-0.25, -0.2) is 13.2 Å². The lowest BCUT2D eigenvalue weighted by Crippen LogP contribution is -2.36. The molecule has 0 bridgehead atoms. The van der Waals surface area contributed by atoms with Gasteiger partial charge in [0.05, 0.1) is 0 Å². The number of carbonyl (C=O) groups excluding carboxylic acids is 1. The van der Waals surface area contributed by atoms with Gasteiger partial charge in [0.2, 0.25) is 6.30 Å². The first-order valence-electron chi connectivity index (χ1n) is 3.89. The van der Waals surface area contributed by atoms with Crippen molar-refractivity contribution in [2.24, 2.45) is 0 Å². The maximum absolute atomic E-state index is 12.4. The molecule has 1 amide bonds. The Kier molecular flexibility index (Phi) is 3.50. The highest BCUT2D eigenvalue weighted by atomic mass is 19.3. The van der Waals surface area contributed by atoms with Gasteiger partial charge in [0.25, 0.3) is 12.3 Å². The highest BCUT2D eigenvalue weighted by Crippen LogP contribution is 2.04. The van der Waals surface area contributed by atoms with Crippen molar-refractivity contribution in [3.63, 3.8) is 0 Å². The van der Waals surface area contributed by atoms with Crippen LogP contribution in [-0.4, -0.2) is 18.6 Å². The Balaban J connectivity index is 2.60. The first kappa shape index (κ1) is 10.6. The third kappa shape index (κ3) is 2.76. The number of alkyl halides is 3. The van der Waals surface area contributed by atoms with Gasteiger partial charge in [-0.05, 0) is 12.1 Å². The van der Waals surface area contributed by atoms with Crippen LogP contribution in [0, 0.1) is 0 Å². The molecular weight excluding hydrogens is 195 g/mol. The molecule has 1 rings (SSSR count). The maximum atomic E-state index is 12.4. The molecule has 1 atom stereocenters. The highest BCUT2D eigenvalue weighted by Gasteiger charge is 2.21. The standard InChI is InChI=1S/C9H8F3NO/c10-7(11)8(12)13-9(14)6-4-2-1-3-5-6/h1-5,7-8H,(H,13,14). The van der Waals surface area contributed by atoms with Gasteiger partial charge in [0, 0.05) is 5.56 Å². The molecule has 0 aliphatic heterocycles. The number of amides is 1. The van der Waals surface area contributed by atoms with Crippen molar-refractivity contribution in [3.8, 4) is 0 Å². The van der Waals surface area contributed by atoms with Crippen molar-refractivity contribution < 1.29 is 18.0 Å². The minimum absolute atomic E-state index is 0.149. The molecule has 14 heavy (non-hydrogen) atoms. The second kappa shape index (κ2) is 4.64. The number of benzene rings is 1. The molecule has 5 heteroatoms. The van der Waals surface area contributed by atoms with Gasteiger partial charge in [-0.1, -0.05) is 18.2 Å². The molecule has 0 heterocycles. The van der Waals surface area contributed by atoms with E-state index in [2.05, 4.69) is 0 Å². The number of rotatable bonds is 3.